The van der Waals surface area contributed by atoms with Gasteiger partial charge < -0.3 is 4.98 Å². The Hall–Kier alpha value is -1.31. The lowest BCUT2D eigenvalue weighted by molar-refractivity contribution is 0.572. The van der Waals surface area contributed by atoms with Gasteiger partial charge in [0.05, 0.1) is 17.4 Å². The smallest absolute Gasteiger partial charge is 0.0932 e. The molecule has 0 aliphatic heterocycles. The molecule has 0 spiro atoms. The third-order valence-electron chi connectivity index (χ3n) is 3.20. The van der Waals surface area contributed by atoms with E-state index in [1.807, 2.05) is 0 Å². The predicted octanol–water partition coefficient (Wildman–Crippen LogP) is 4.16. The lowest BCUT2D eigenvalue weighted by Gasteiger charge is -2.25. The second-order valence-electron chi connectivity index (χ2n) is 6.82. The van der Waals surface area contributed by atoms with Crippen LogP contribution < -0.4 is 0 Å². The minimum absolute atomic E-state index is 0.120. The number of hydrogen-bond acceptors (Lipinski definition) is 1. The molecule has 1 aromatic heterocycles. The second-order valence-corrected chi connectivity index (χ2v) is 6.82. The normalized spacial score (nSPS) is 13.3. The molecule has 92 valence electrons. The van der Waals surface area contributed by atoms with Crippen molar-refractivity contribution in [2.75, 3.05) is 0 Å². The van der Waals surface area contributed by atoms with Crippen LogP contribution in [0.3, 0.4) is 0 Å². The number of nitrogens with zero attached hydrogens (tertiary/aromatic N) is 1. The SMILES string of the molecule is CC(C)(C)c1cc(C(C)(C)C)c2nc[nH]c2c1. The Bertz CT molecular complexity index is 536. The molecule has 0 saturated heterocycles. The van der Waals surface area contributed by atoms with E-state index in [-0.39, 0.29) is 10.8 Å². The predicted molar refractivity (Wildman–Crippen MR) is 73.5 cm³/mol. The van der Waals surface area contributed by atoms with E-state index in [9.17, 15) is 0 Å². The first-order valence-corrected chi connectivity index (χ1v) is 6.18. The average Bonchev–Trinajstić information content (AvgIpc) is 2.59. The number of rotatable bonds is 0. The Morgan fingerprint density at radius 2 is 1.59 bits per heavy atom. The molecule has 0 aliphatic rings. The van der Waals surface area contributed by atoms with Crippen molar-refractivity contribution in [3.8, 4) is 0 Å². The van der Waals surface area contributed by atoms with Gasteiger partial charge in [-0.1, -0.05) is 47.6 Å². The van der Waals surface area contributed by atoms with Gasteiger partial charge in [0, 0.05) is 0 Å². The van der Waals surface area contributed by atoms with Crippen molar-refractivity contribution in [1.29, 1.82) is 0 Å². The van der Waals surface area contributed by atoms with E-state index in [4.69, 9.17) is 0 Å². The summed E-state index contributed by atoms with van der Waals surface area (Å²) in [4.78, 5) is 7.69. The van der Waals surface area contributed by atoms with Gasteiger partial charge in [-0.2, -0.15) is 0 Å². The molecule has 0 unspecified atom stereocenters. The summed E-state index contributed by atoms with van der Waals surface area (Å²) in [5, 5.41) is 0. The molecule has 2 aromatic rings. The summed E-state index contributed by atoms with van der Waals surface area (Å²) >= 11 is 0. The summed E-state index contributed by atoms with van der Waals surface area (Å²) in [6.45, 7) is 13.5. The highest BCUT2D eigenvalue weighted by Gasteiger charge is 2.23. The molecule has 0 radical (unpaired) electrons. The van der Waals surface area contributed by atoms with Crippen LogP contribution in [0.25, 0.3) is 11.0 Å². The molecular formula is C15H22N2. The summed E-state index contributed by atoms with van der Waals surface area (Å²) in [7, 11) is 0. The van der Waals surface area contributed by atoms with E-state index in [0.717, 1.165) is 11.0 Å². The fourth-order valence-electron chi connectivity index (χ4n) is 2.05. The Morgan fingerprint density at radius 1 is 0.941 bits per heavy atom. The highest BCUT2D eigenvalue weighted by atomic mass is 14.9. The number of imidazole rings is 1. The van der Waals surface area contributed by atoms with E-state index in [2.05, 4.69) is 63.6 Å². The van der Waals surface area contributed by atoms with Gasteiger partial charge in [0.25, 0.3) is 0 Å². The van der Waals surface area contributed by atoms with Crippen LogP contribution in [0.15, 0.2) is 18.5 Å². The molecule has 17 heavy (non-hydrogen) atoms. The van der Waals surface area contributed by atoms with Gasteiger partial charge in [0.15, 0.2) is 0 Å². The Kier molecular flexibility index (Phi) is 2.57. The van der Waals surface area contributed by atoms with Crippen LogP contribution in [-0.2, 0) is 10.8 Å². The zero-order valence-corrected chi connectivity index (χ0v) is 11.7. The maximum absolute atomic E-state index is 4.45. The second kappa shape index (κ2) is 3.59. The molecule has 1 aromatic carbocycles. The first kappa shape index (κ1) is 12.2. The Balaban J connectivity index is 2.76. The molecule has 0 atom stereocenters. The molecule has 1 heterocycles. The molecular weight excluding hydrogens is 208 g/mol. The number of nitrogens with one attached hydrogen (secondary N) is 1. The maximum atomic E-state index is 4.45. The summed E-state index contributed by atoms with van der Waals surface area (Å²) < 4.78 is 0. The third kappa shape index (κ3) is 2.21. The van der Waals surface area contributed by atoms with Gasteiger partial charge in [-0.25, -0.2) is 4.98 Å². The van der Waals surface area contributed by atoms with Crippen LogP contribution in [0.1, 0.15) is 52.7 Å². The van der Waals surface area contributed by atoms with Gasteiger partial charge in [-0.05, 0) is 28.0 Å². The molecule has 2 nitrogen and oxygen atoms in total. The number of benzene rings is 1. The van der Waals surface area contributed by atoms with Crippen molar-refractivity contribution >= 4 is 11.0 Å². The molecule has 2 heteroatoms. The minimum atomic E-state index is 0.120. The van der Waals surface area contributed by atoms with Crippen molar-refractivity contribution in [2.24, 2.45) is 0 Å². The summed E-state index contributed by atoms with van der Waals surface area (Å²) in [5.41, 5.74) is 5.21. The van der Waals surface area contributed by atoms with Gasteiger partial charge in [0.2, 0.25) is 0 Å². The highest BCUT2D eigenvalue weighted by molar-refractivity contribution is 5.80. The van der Waals surface area contributed by atoms with Crippen LogP contribution >= 0.6 is 0 Å². The van der Waals surface area contributed by atoms with Gasteiger partial charge in [-0.3, -0.25) is 0 Å². The fourth-order valence-corrected chi connectivity index (χ4v) is 2.05. The molecule has 0 amide bonds. The summed E-state index contributed by atoms with van der Waals surface area (Å²) in [6, 6.07) is 4.53. The van der Waals surface area contributed by atoms with Crippen LogP contribution in [-0.4, -0.2) is 9.97 Å². The highest BCUT2D eigenvalue weighted by Crippen LogP contribution is 2.33. The first-order valence-electron chi connectivity index (χ1n) is 6.18. The summed E-state index contributed by atoms with van der Waals surface area (Å²) in [5.74, 6) is 0. The first-order chi connectivity index (χ1) is 7.69. The standard InChI is InChI=1S/C15H22N2/c1-14(2,3)10-7-11(15(4,5)6)13-12(8-10)16-9-17-13/h7-9H,1-6H3,(H,16,17). The number of hydrogen-bond donors (Lipinski definition) is 1. The number of aromatic nitrogens is 2. The minimum Gasteiger partial charge on any atom is -0.345 e. The van der Waals surface area contributed by atoms with E-state index in [0.29, 0.717) is 0 Å². The molecule has 0 bridgehead atoms. The molecule has 0 fully saturated rings. The van der Waals surface area contributed by atoms with Crippen LogP contribution in [0.5, 0.6) is 0 Å². The van der Waals surface area contributed by atoms with Crippen molar-refractivity contribution in [2.45, 2.75) is 52.4 Å². The number of fused-ring (bicyclic) bond motifs is 1. The Morgan fingerprint density at radius 3 is 2.12 bits per heavy atom. The Labute approximate surface area is 103 Å². The lowest BCUT2D eigenvalue weighted by Crippen LogP contribution is -2.16. The molecule has 0 aliphatic carbocycles. The van der Waals surface area contributed by atoms with Crippen molar-refractivity contribution < 1.29 is 0 Å². The summed E-state index contributed by atoms with van der Waals surface area (Å²) in [6.07, 6.45) is 1.78. The van der Waals surface area contributed by atoms with Crippen molar-refractivity contribution in [1.82, 2.24) is 9.97 Å². The third-order valence-corrected chi connectivity index (χ3v) is 3.20. The van der Waals surface area contributed by atoms with Gasteiger partial charge in [-0.15, -0.1) is 0 Å². The van der Waals surface area contributed by atoms with E-state index >= 15 is 0 Å². The zero-order chi connectivity index (χ0) is 12.8. The monoisotopic (exact) mass is 230 g/mol. The topological polar surface area (TPSA) is 28.7 Å². The fraction of sp³-hybridized carbons (Fsp3) is 0.533. The van der Waals surface area contributed by atoms with E-state index in [1.165, 1.54) is 11.1 Å². The largest absolute Gasteiger partial charge is 0.345 e. The number of H-pyrrole nitrogens is 1. The van der Waals surface area contributed by atoms with Gasteiger partial charge >= 0.3 is 0 Å². The number of aromatic amines is 1. The lowest BCUT2D eigenvalue weighted by atomic mass is 9.80. The average molecular weight is 230 g/mol. The molecule has 1 N–H and O–H groups in total. The van der Waals surface area contributed by atoms with E-state index < -0.39 is 0 Å². The maximum Gasteiger partial charge on any atom is 0.0932 e. The quantitative estimate of drug-likeness (QED) is 0.723. The molecule has 0 saturated carbocycles. The zero-order valence-electron chi connectivity index (χ0n) is 11.7. The van der Waals surface area contributed by atoms with Crippen LogP contribution in [0, 0.1) is 0 Å². The molecule has 2 rings (SSSR count). The van der Waals surface area contributed by atoms with Crippen LogP contribution in [0.2, 0.25) is 0 Å². The van der Waals surface area contributed by atoms with E-state index in [1.54, 1.807) is 6.33 Å². The van der Waals surface area contributed by atoms with Crippen molar-refractivity contribution in [3.63, 3.8) is 0 Å². The van der Waals surface area contributed by atoms with Crippen LogP contribution in [0.4, 0.5) is 0 Å². The van der Waals surface area contributed by atoms with Gasteiger partial charge in [0.1, 0.15) is 0 Å². The van der Waals surface area contributed by atoms with Crippen molar-refractivity contribution in [3.05, 3.63) is 29.6 Å².